The summed E-state index contributed by atoms with van der Waals surface area (Å²) in [5.74, 6) is 0.570. The Morgan fingerprint density at radius 3 is 3.00 bits per heavy atom. The molecule has 100 valence electrons. The smallest absolute Gasteiger partial charge is 0.249 e. The number of anilines is 1. The van der Waals surface area contributed by atoms with Crippen LogP contribution in [0.15, 0.2) is 39.8 Å². The molecule has 0 bridgehead atoms. The minimum absolute atomic E-state index is 0.130. The van der Waals surface area contributed by atoms with Crippen LogP contribution in [0.3, 0.4) is 0 Å². The molecule has 0 aliphatic rings. The van der Waals surface area contributed by atoms with Crippen LogP contribution in [-0.2, 0) is 11.3 Å². The third-order valence-electron chi connectivity index (χ3n) is 2.31. The molecule has 2 aromatic heterocycles. The predicted octanol–water partition coefficient (Wildman–Crippen LogP) is 3.66. The third-order valence-corrected chi connectivity index (χ3v) is 4.00. The number of carbonyl (C=O) groups is 1. The van der Waals surface area contributed by atoms with Crippen molar-refractivity contribution in [2.24, 2.45) is 0 Å². The first kappa shape index (κ1) is 14.0. The third kappa shape index (κ3) is 4.04. The van der Waals surface area contributed by atoms with E-state index in [9.17, 15) is 4.79 Å². The Bertz CT molecular complexity index is 611. The van der Waals surface area contributed by atoms with Gasteiger partial charge in [-0.1, -0.05) is 5.57 Å². The first-order chi connectivity index (χ1) is 9.04. The highest BCUT2D eigenvalue weighted by molar-refractivity contribution is 9.10. The van der Waals surface area contributed by atoms with Gasteiger partial charge < -0.3 is 5.32 Å². The van der Waals surface area contributed by atoms with Crippen LogP contribution >= 0.6 is 27.3 Å². The van der Waals surface area contributed by atoms with Crippen LogP contribution in [0.25, 0.3) is 0 Å². The molecular formula is C13H14BrN3OS. The Labute approximate surface area is 124 Å². The second-order valence-corrected chi connectivity index (χ2v) is 6.23. The largest absolute Gasteiger partial charge is 0.307 e. The van der Waals surface area contributed by atoms with E-state index in [0.717, 1.165) is 10.0 Å². The maximum Gasteiger partial charge on any atom is 0.249 e. The summed E-state index contributed by atoms with van der Waals surface area (Å²) < 4.78 is 2.84. The number of aromatic nitrogens is 2. The van der Waals surface area contributed by atoms with Crippen LogP contribution < -0.4 is 5.32 Å². The fraction of sp³-hybridized carbons (Fsp3) is 0.231. The zero-order valence-electron chi connectivity index (χ0n) is 10.7. The number of nitrogens with one attached hydrogen (secondary N) is 1. The summed E-state index contributed by atoms with van der Waals surface area (Å²) in [6.45, 7) is 4.42. The molecule has 2 heterocycles. The molecule has 6 heteroatoms. The van der Waals surface area contributed by atoms with Gasteiger partial charge in [0.1, 0.15) is 5.82 Å². The van der Waals surface area contributed by atoms with Crippen LogP contribution in [0.4, 0.5) is 5.82 Å². The number of carbonyl (C=O) groups excluding carboxylic acids is 1. The first-order valence-corrected chi connectivity index (χ1v) is 7.42. The zero-order chi connectivity index (χ0) is 13.8. The minimum Gasteiger partial charge on any atom is -0.307 e. The summed E-state index contributed by atoms with van der Waals surface area (Å²) in [4.78, 5) is 12.9. The quantitative estimate of drug-likeness (QED) is 0.864. The lowest BCUT2D eigenvalue weighted by molar-refractivity contribution is -0.112. The molecule has 1 N–H and O–H groups in total. The maximum absolute atomic E-state index is 11.7. The van der Waals surface area contributed by atoms with Gasteiger partial charge in [0.15, 0.2) is 0 Å². The van der Waals surface area contributed by atoms with Gasteiger partial charge >= 0.3 is 0 Å². The Balaban J connectivity index is 2.09. The maximum atomic E-state index is 11.7. The molecule has 0 atom stereocenters. The van der Waals surface area contributed by atoms with Crippen molar-refractivity contribution in [3.63, 3.8) is 0 Å². The molecule has 2 aromatic rings. The second kappa shape index (κ2) is 6.16. The van der Waals surface area contributed by atoms with Gasteiger partial charge in [0.25, 0.3) is 0 Å². The van der Waals surface area contributed by atoms with Gasteiger partial charge in [-0.2, -0.15) is 5.10 Å². The molecule has 1 amide bonds. The highest BCUT2D eigenvalue weighted by Crippen LogP contribution is 2.21. The van der Waals surface area contributed by atoms with Crippen molar-refractivity contribution in [3.8, 4) is 0 Å². The average molecular weight is 340 g/mol. The number of allylic oxidation sites excluding steroid dienone is 1. The molecule has 4 nitrogen and oxygen atoms in total. The lowest BCUT2D eigenvalue weighted by atomic mass is 10.3. The molecule has 0 saturated heterocycles. The predicted molar refractivity (Wildman–Crippen MR) is 81.4 cm³/mol. The number of thiophene rings is 1. The van der Waals surface area contributed by atoms with Crippen molar-refractivity contribution in [1.82, 2.24) is 9.78 Å². The van der Waals surface area contributed by atoms with Crippen LogP contribution in [-0.4, -0.2) is 15.7 Å². The zero-order valence-corrected chi connectivity index (χ0v) is 13.1. The van der Waals surface area contributed by atoms with Crippen molar-refractivity contribution >= 4 is 39.0 Å². The number of nitrogens with zero attached hydrogens (tertiary/aromatic N) is 2. The highest BCUT2D eigenvalue weighted by atomic mass is 79.9. The highest BCUT2D eigenvalue weighted by Gasteiger charge is 2.07. The van der Waals surface area contributed by atoms with E-state index in [0.29, 0.717) is 12.4 Å². The van der Waals surface area contributed by atoms with Crippen molar-refractivity contribution in [3.05, 3.63) is 44.7 Å². The summed E-state index contributed by atoms with van der Waals surface area (Å²) in [5.41, 5.74) is 0.964. The molecule has 0 fully saturated rings. The lowest BCUT2D eigenvalue weighted by Gasteiger charge is -2.06. The number of hydrogen-bond acceptors (Lipinski definition) is 3. The van der Waals surface area contributed by atoms with E-state index >= 15 is 0 Å². The molecule has 19 heavy (non-hydrogen) atoms. The fourth-order valence-corrected chi connectivity index (χ4v) is 3.01. The SMILES string of the molecule is CC(C)=CC(=O)Nc1ccnn1Cc1cc(Br)cs1. The fourth-order valence-electron chi connectivity index (χ4n) is 1.57. The second-order valence-electron chi connectivity index (χ2n) is 4.32. The average Bonchev–Trinajstić information content (AvgIpc) is 2.88. The topological polar surface area (TPSA) is 46.9 Å². The summed E-state index contributed by atoms with van der Waals surface area (Å²) in [5, 5.41) is 9.08. The molecule has 0 aliphatic heterocycles. The number of amides is 1. The Hall–Kier alpha value is -1.40. The summed E-state index contributed by atoms with van der Waals surface area (Å²) in [6, 6.07) is 3.84. The van der Waals surface area contributed by atoms with E-state index in [1.165, 1.54) is 4.88 Å². The van der Waals surface area contributed by atoms with E-state index in [-0.39, 0.29) is 5.91 Å². The molecule has 0 aromatic carbocycles. The van der Waals surface area contributed by atoms with Gasteiger partial charge in [0.2, 0.25) is 5.91 Å². The normalized spacial score (nSPS) is 10.3. The number of rotatable bonds is 4. The molecule has 0 spiro atoms. The molecular weight excluding hydrogens is 326 g/mol. The van der Waals surface area contributed by atoms with Crippen molar-refractivity contribution in [2.75, 3.05) is 5.32 Å². The molecule has 0 saturated carbocycles. The Morgan fingerprint density at radius 1 is 1.58 bits per heavy atom. The number of halogens is 1. The molecule has 0 unspecified atom stereocenters. The lowest BCUT2D eigenvalue weighted by Crippen LogP contribution is -2.13. The Morgan fingerprint density at radius 2 is 2.37 bits per heavy atom. The van der Waals surface area contributed by atoms with E-state index in [1.54, 1.807) is 34.4 Å². The van der Waals surface area contributed by atoms with E-state index < -0.39 is 0 Å². The summed E-state index contributed by atoms with van der Waals surface area (Å²) in [6.07, 6.45) is 3.25. The van der Waals surface area contributed by atoms with Crippen LogP contribution in [0.1, 0.15) is 18.7 Å². The van der Waals surface area contributed by atoms with E-state index in [1.807, 2.05) is 25.3 Å². The van der Waals surface area contributed by atoms with Gasteiger partial charge in [-0.05, 0) is 35.8 Å². The number of hydrogen-bond donors (Lipinski definition) is 1. The van der Waals surface area contributed by atoms with E-state index in [2.05, 4.69) is 26.3 Å². The van der Waals surface area contributed by atoms with Crippen molar-refractivity contribution in [1.29, 1.82) is 0 Å². The van der Waals surface area contributed by atoms with Crippen molar-refractivity contribution in [2.45, 2.75) is 20.4 Å². The molecule has 0 radical (unpaired) electrons. The minimum atomic E-state index is -0.130. The monoisotopic (exact) mass is 339 g/mol. The first-order valence-electron chi connectivity index (χ1n) is 5.75. The van der Waals surface area contributed by atoms with Crippen LogP contribution in [0, 0.1) is 0 Å². The van der Waals surface area contributed by atoms with Crippen molar-refractivity contribution < 1.29 is 4.79 Å². The molecule has 2 rings (SSSR count). The van der Waals surface area contributed by atoms with Crippen LogP contribution in [0.5, 0.6) is 0 Å². The van der Waals surface area contributed by atoms with Gasteiger partial charge in [-0.15, -0.1) is 11.3 Å². The van der Waals surface area contributed by atoms with Gasteiger partial charge in [0, 0.05) is 26.9 Å². The van der Waals surface area contributed by atoms with Gasteiger partial charge in [-0.25, -0.2) is 4.68 Å². The Kier molecular flexibility index (Phi) is 4.55. The summed E-state index contributed by atoms with van der Waals surface area (Å²) >= 11 is 5.08. The molecule has 0 aliphatic carbocycles. The summed E-state index contributed by atoms with van der Waals surface area (Å²) in [7, 11) is 0. The standard InChI is InChI=1S/C13H14BrN3OS/c1-9(2)5-13(18)16-12-3-4-15-17(12)7-11-6-10(14)8-19-11/h3-6,8H,7H2,1-2H3,(H,16,18). The van der Waals surface area contributed by atoms with Gasteiger partial charge in [0.05, 0.1) is 12.7 Å². The van der Waals surface area contributed by atoms with Crippen LogP contribution in [0.2, 0.25) is 0 Å². The van der Waals surface area contributed by atoms with Gasteiger partial charge in [-0.3, -0.25) is 4.79 Å². The van der Waals surface area contributed by atoms with E-state index in [4.69, 9.17) is 0 Å².